The third-order valence-electron chi connectivity index (χ3n) is 3.85. The number of rotatable bonds is 10. The van der Waals surface area contributed by atoms with Gasteiger partial charge in [-0.05, 0) is 30.7 Å². The van der Waals surface area contributed by atoms with E-state index >= 15 is 0 Å². The number of hydrogen-bond acceptors (Lipinski definition) is 6. The minimum absolute atomic E-state index is 0.191. The molecule has 0 aliphatic rings. The standard InChI is InChI=1S/C20H25N3O6/c1-3-4-9-29-17-8-7-14(27-2)11-16(17)23-20(26)19(25)22-13-18(24)21-12-15-6-5-10-28-15/h5-8,10-11H,3-4,9,12-13H2,1-2H3,(H,21,24)(H,22,25)(H,23,26). The van der Waals surface area contributed by atoms with Gasteiger partial charge in [0.05, 0.1) is 38.8 Å². The van der Waals surface area contributed by atoms with Crippen LogP contribution < -0.4 is 25.4 Å². The fraction of sp³-hybridized carbons (Fsp3) is 0.350. The molecule has 156 valence electrons. The minimum atomic E-state index is -0.944. The fourth-order valence-corrected chi connectivity index (χ4v) is 2.27. The zero-order chi connectivity index (χ0) is 21.1. The van der Waals surface area contributed by atoms with Crippen LogP contribution >= 0.6 is 0 Å². The molecule has 0 atom stereocenters. The average Bonchev–Trinajstić information content (AvgIpc) is 3.25. The summed E-state index contributed by atoms with van der Waals surface area (Å²) in [4.78, 5) is 36.0. The first kappa shape index (κ1) is 21.8. The second-order valence-electron chi connectivity index (χ2n) is 6.06. The summed E-state index contributed by atoms with van der Waals surface area (Å²) in [7, 11) is 1.49. The zero-order valence-corrected chi connectivity index (χ0v) is 16.4. The lowest BCUT2D eigenvalue weighted by Crippen LogP contribution is -2.41. The molecule has 9 nitrogen and oxygen atoms in total. The second-order valence-corrected chi connectivity index (χ2v) is 6.06. The summed E-state index contributed by atoms with van der Waals surface area (Å²) in [5.74, 6) is -0.807. The molecule has 0 saturated carbocycles. The number of nitrogens with one attached hydrogen (secondary N) is 3. The van der Waals surface area contributed by atoms with Gasteiger partial charge in [0.15, 0.2) is 0 Å². The molecule has 2 rings (SSSR count). The Bertz CT molecular complexity index is 820. The number of amides is 3. The Labute approximate surface area is 168 Å². The third kappa shape index (κ3) is 7.21. The van der Waals surface area contributed by atoms with E-state index in [1.807, 2.05) is 6.92 Å². The maximum Gasteiger partial charge on any atom is 0.313 e. The summed E-state index contributed by atoms with van der Waals surface area (Å²) < 4.78 is 15.9. The molecule has 3 N–H and O–H groups in total. The predicted molar refractivity (Wildman–Crippen MR) is 106 cm³/mol. The van der Waals surface area contributed by atoms with E-state index in [1.165, 1.54) is 13.4 Å². The van der Waals surface area contributed by atoms with E-state index in [-0.39, 0.29) is 13.1 Å². The van der Waals surface area contributed by atoms with Crippen molar-refractivity contribution in [2.45, 2.75) is 26.3 Å². The Kier molecular flexibility index (Phi) is 8.55. The van der Waals surface area contributed by atoms with Gasteiger partial charge in [0.2, 0.25) is 5.91 Å². The van der Waals surface area contributed by atoms with Crippen LogP contribution in [0.5, 0.6) is 11.5 Å². The van der Waals surface area contributed by atoms with E-state index in [1.54, 1.807) is 30.3 Å². The van der Waals surface area contributed by atoms with E-state index in [0.717, 1.165) is 12.8 Å². The quantitative estimate of drug-likeness (QED) is 0.411. The molecule has 29 heavy (non-hydrogen) atoms. The van der Waals surface area contributed by atoms with E-state index < -0.39 is 17.7 Å². The number of carbonyl (C=O) groups is 3. The first-order chi connectivity index (χ1) is 14.0. The Balaban J connectivity index is 1.87. The highest BCUT2D eigenvalue weighted by molar-refractivity contribution is 6.40. The smallest absolute Gasteiger partial charge is 0.313 e. The predicted octanol–water partition coefficient (Wildman–Crippen LogP) is 1.84. The lowest BCUT2D eigenvalue weighted by molar-refractivity contribution is -0.136. The van der Waals surface area contributed by atoms with Crippen molar-refractivity contribution >= 4 is 23.4 Å². The molecular formula is C20H25N3O6. The van der Waals surface area contributed by atoms with Crippen LogP contribution in [0.25, 0.3) is 0 Å². The first-order valence-corrected chi connectivity index (χ1v) is 9.22. The number of furan rings is 1. The van der Waals surface area contributed by atoms with Crippen molar-refractivity contribution in [3.8, 4) is 11.5 Å². The summed E-state index contributed by atoms with van der Waals surface area (Å²) in [6.45, 7) is 2.37. The number of unbranched alkanes of at least 4 members (excludes halogenated alkanes) is 1. The maximum atomic E-state index is 12.2. The Hall–Kier alpha value is -3.49. The van der Waals surface area contributed by atoms with Crippen molar-refractivity contribution in [1.29, 1.82) is 0 Å². The van der Waals surface area contributed by atoms with Crippen molar-refractivity contribution in [2.75, 3.05) is 25.6 Å². The van der Waals surface area contributed by atoms with E-state index in [2.05, 4.69) is 16.0 Å². The van der Waals surface area contributed by atoms with Crippen molar-refractivity contribution < 1.29 is 28.3 Å². The maximum absolute atomic E-state index is 12.2. The van der Waals surface area contributed by atoms with Crippen LogP contribution in [0.15, 0.2) is 41.0 Å². The molecular weight excluding hydrogens is 378 g/mol. The van der Waals surface area contributed by atoms with Crippen LogP contribution in [-0.4, -0.2) is 38.0 Å². The number of anilines is 1. The van der Waals surface area contributed by atoms with Crippen molar-refractivity contribution in [3.05, 3.63) is 42.4 Å². The van der Waals surface area contributed by atoms with E-state index in [0.29, 0.717) is 29.6 Å². The molecule has 0 aliphatic carbocycles. The molecule has 0 bridgehead atoms. The van der Waals surface area contributed by atoms with Crippen LogP contribution in [0, 0.1) is 0 Å². The van der Waals surface area contributed by atoms with Gasteiger partial charge in [-0.3, -0.25) is 14.4 Å². The van der Waals surface area contributed by atoms with E-state index in [4.69, 9.17) is 13.9 Å². The van der Waals surface area contributed by atoms with Crippen LogP contribution in [0.3, 0.4) is 0 Å². The summed E-state index contributed by atoms with van der Waals surface area (Å²) in [5, 5.41) is 7.32. The molecule has 0 unspecified atom stereocenters. The molecule has 0 fully saturated rings. The number of carbonyl (C=O) groups excluding carboxylic acids is 3. The second kappa shape index (κ2) is 11.4. The van der Waals surface area contributed by atoms with Gasteiger partial charge in [0.1, 0.15) is 17.3 Å². The van der Waals surface area contributed by atoms with Gasteiger partial charge in [-0.2, -0.15) is 0 Å². The van der Waals surface area contributed by atoms with Gasteiger partial charge in [-0.1, -0.05) is 13.3 Å². The van der Waals surface area contributed by atoms with Crippen molar-refractivity contribution in [3.63, 3.8) is 0 Å². The van der Waals surface area contributed by atoms with Crippen LogP contribution in [-0.2, 0) is 20.9 Å². The fourth-order valence-electron chi connectivity index (χ4n) is 2.27. The van der Waals surface area contributed by atoms with Gasteiger partial charge in [-0.25, -0.2) is 0 Å². The van der Waals surface area contributed by atoms with E-state index in [9.17, 15) is 14.4 Å². The number of benzene rings is 1. The average molecular weight is 403 g/mol. The summed E-state index contributed by atoms with van der Waals surface area (Å²) in [6, 6.07) is 8.32. The molecule has 2 aromatic rings. The van der Waals surface area contributed by atoms with Gasteiger partial charge in [-0.15, -0.1) is 0 Å². The molecule has 1 aromatic heterocycles. The number of ether oxygens (including phenoxy) is 2. The molecule has 1 aromatic carbocycles. The molecule has 0 aliphatic heterocycles. The van der Waals surface area contributed by atoms with Crippen LogP contribution in [0.1, 0.15) is 25.5 Å². The molecule has 0 radical (unpaired) electrons. The highest BCUT2D eigenvalue weighted by Crippen LogP contribution is 2.29. The number of methoxy groups -OCH3 is 1. The SMILES string of the molecule is CCCCOc1ccc(OC)cc1NC(=O)C(=O)NCC(=O)NCc1ccco1. The van der Waals surface area contributed by atoms with Gasteiger partial charge >= 0.3 is 11.8 Å². The monoisotopic (exact) mass is 403 g/mol. The van der Waals surface area contributed by atoms with Gasteiger partial charge < -0.3 is 29.8 Å². The van der Waals surface area contributed by atoms with Crippen LogP contribution in [0.2, 0.25) is 0 Å². The summed E-state index contributed by atoms with van der Waals surface area (Å²) >= 11 is 0. The molecule has 1 heterocycles. The van der Waals surface area contributed by atoms with Gasteiger partial charge in [0.25, 0.3) is 0 Å². The van der Waals surface area contributed by atoms with Gasteiger partial charge in [0, 0.05) is 6.07 Å². The molecule has 3 amide bonds. The highest BCUT2D eigenvalue weighted by atomic mass is 16.5. The molecule has 9 heteroatoms. The third-order valence-corrected chi connectivity index (χ3v) is 3.85. The molecule has 0 spiro atoms. The Morgan fingerprint density at radius 1 is 1.10 bits per heavy atom. The summed E-state index contributed by atoms with van der Waals surface area (Å²) in [6.07, 6.45) is 3.31. The Morgan fingerprint density at radius 2 is 1.93 bits per heavy atom. The lowest BCUT2D eigenvalue weighted by atomic mass is 10.2. The topological polar surface area (TPSA) is 119 Å². The largest absolute Gasteiger partial charge is 0.497 e. The van der Waals surface area contributed by atoms with Crippen molar-refractivity contribution in [2.24, 2.45) is 0 Å². The Morgan fingerprint density at radius 3 is 2.62 bits per heavy atom. The number of hydrogen-bond donors (Lipinski definition) is 3. The molecule has 0 saturated heterocycles. The van der Waals surface area contributed by atoms with Crippen molar-refractivity contribution in [1.82, 2.24) is 10.6 Å². The normalized spacial score (nSPS) is 10.1. The first-order valence-electron chi connectivity index (χ1n) is 9.22. The summed E-state index contributed by atoms with van der Waals surface area (Å²) in [5.41, 5.74) is 0.308. The lowest BCUT2D eigenvalue weighted by Gasteiger charge is -2.13. The zero-order valence-electron chi connectivity index (χ0n) is 16.4. The van der Waals surface area contributed by atoms with Crippen LogP contribution in [0.4, 0.5) is 5.69 Å². The minimum Gasteiger partial charge on any atom is -0.497 e. The highest BCUT2D eigenvalue weighted by Gasteiger charge is 2.17.